The van der Waals surface area contributed by atoms with Crippen LogP contribution in [0, 0.1) is 11.5 Å². The molecule has 1 aromatic carbocycles. The normalized spacial score (nSPS) is 16.0. The lowest BCUT2D eigenvalue weighted by Gasteiger charge is -2.13. The molecule has 0 fully saturated rings. The highest BCUT2D eigenvalue weighted by molar-refractivity contribution is 5.41. The first kappa shape index (κ1) is 13.2. The third-order valence-corrected chi connectivity index (χ3v) is 3.30. The Morgan fingerprint density at radius 2 is 2.16 bits per heavy atom. The van der Waals surface area contributed by atoms with Crippen molar-refractivity contribution in [2.45, 2.75) is 26.2 Å². The van der Waals surface area contributed by atoms with Gasteiger partial charge < -0.3 is 4.74 Å². The third-order valence-electron chi connectivity index (χ3n) is 3.30. The van der Waals surface area contributed by atoms with E-state index in [0.29, 0.717) is 5.75 Å². The smallest absolute Gasteiger partial charge is 0.292 e. The number of benzene rings is 1. The van der Waals surface area contributed by atoms with E-state index in [4.69, 9.17) is 10.00 Å². The summed E-state index contributed by atoms with van der Waals surface area (Å²) in [5.74, 6) is 0.659. The lowest BCUT2D eigenvalue weighted by atomic mass is 9.94. The molecule has 2 heteroatoms. The largest absolute Gasteiger partial charge is 0.388 e. The van der Waals surface area contributed by atoms with Crippen molar-refractivity contribution in [1.29, 1.82) is 5.26 Å². The van der Waals surface area contributed by atoms with Gasteiger partial charge in [0.15, 0.2) is 0 Å². The summed E-state index contributed by atoms with van der Waals surface area (Å²) in [4.78, 5) is 0. The van der Waals surface area contributed by atoms with Crippen LogP contribution in [0.15, 0.2) is 59.7 Å². The molecule has 0 saturated carbocycles. The molecule has 0 N–H and O–H groups in total. The van der Waals surface area contributed by atoms with Crippen LogP contribution in [-0.2, 0) is 6.42 Å². The fourth-order valence-corrected chi connectivity index (χ4v) is 2.27. The third kappa shape index (κ3) is 3.35. The predicted molar refractivity (Wildman–Crippen MR) is 76.6 cm³/mol. The van der Waals surface area contributed by atoms with Crippen molar-refractivity contribution in [2.24, 2.45) is 0 Å². The first-order valence-corrected chi connectivity index (χ1v) is 6.53. The van der Waals surface area contributed by atoms with Crippen LogP contribution in [0.4, 0.5) is 0 Å². The second-order valence-electron chi connectivity index (χ2n) is 4.45. The van der Waals surface area contributed by atoms with E-state index in [1.807, 2.05) is 24.3 Å². The molecule has 2 rings (SSSR count). The quantitative estimate of drug-likeness (QED) is 0.747. The summed E-state index contributed by atoms with van der Waals surface area (Å²) >= 11 is 0. The predicted octanol–water partition coefficient (Wildman–Crippen LogP) is 4.31. The minimum atomic E-state index is 0.659. The van der Waals surface area contributed by atoms with Gasteiger partial charge in [0.1, 0.15) is 5.75 Å². The highest BCUT2D eigenvalue weighted by atomic mass is 16.5. The number of para-hydroxylation sites is 1. The molecule has 0 atom stereocenters. The first-order valence-electron chi connectivity index (χ1n) is 6.53. The van der Waals surface area contributed by atoms with Crippen molar-refractivity contribution in [2.75, 3.05) is 0 Å². The summed E-state index contributed by atoms with van der Waals surface area (Å²) in [5.41, 5.74) is 3.84. The summed E-state index contributed by atoms with van der Waals surface area (Å²) in [6, 6.07) is 7.73. The zero-order valence-electron chi connectivity index (χ0n) is 11.1. The summed E-state index contributed by atoms with van der Waals surface area (Å²) in [6.07, 6.45) is 13.1. The molecule has 0 aliphatic heterocycles. The van der Waals surface area contributed by atoms with E-state index in [2.05, 4.69) is 31.2 Å². The van der Waals surface area contributed by atoms with Gasteiger partial charge in [0, 0.05) is 5.56 Å². The van der Waals surface area contributed by atoms with E-state index < -0.39 is 0 Å². The molecular weight excluding hydrogens is 234 g/mol. The van der Waals surface area contributed by atoms with Crippen molar-refractivity contribution in [3.05, 3.63) is 65.3 Å². The molecule has 0 amide bonds. The molecule has 0 spiro atoms. The molecule has 19 heavy (non-hydrogen) atoms. The molecule has 1 aromatic rings. The summed E-state index contributed by atoms with van der Waals surface area (Å²) < 4.78 is 5.02. The second kappa shape index (κ2) is 6.61. The Labute approximate surface area is 114 Å². The van der Waals surface area contributed by atoms with E-state index in [-0.39, 0.29) is 0 Å². The molecule has 1 aliphatic carbocycles. The molecule has 2 nitrogen and oxygen atoms in total. The first-order chi connectivity index (χ1) is 9.35. The highest BCUT2D eigenvalue weighted by Gasteiger charge is 2.09. The van der Waals surface area contributed by atoms with Gasteiger partial charge in [-0.25, -0.2) is 0 Å². The monoisotopic (exact) mass is 251 g/mol. The maximum Gasteiger partial charge on any atom is 0.292 e. The average Bonchev–Trinajstić information content (AvgIpc) is 2.47. The van der Waals surface area contributed by atoms with Crippen LogP contribution in [0.3, 0.4) is 0 Å². The molecule has 0 bridgehead atoms. The lowest BCUT2D eigenvalue weighted by Crippen LogP contribution is -1.98. The van der Waals surface area contributed by atoms with Gasteiger partial charge in [0.2, 0.25) is 0 Å². The van der Waals surface area contributed by atoms with Crippen molar-refractivity contribution >= 4 is 0 Å². The van der Waals surface area contributed by atoms with Gasteiger partial charge in [-0.1, -0.05) is 55.0 Å². The molecule has 0 aromatic heterocycles. The average molecular weight is 251 g/mol. The van der Waals surface area contributed by atoms with E-state index in [1.54, 1.807) is 6.26 Å². The van der Waals surface area contributed by atoms with Gasteiger partial charge in [0.25, 0.3) is 6.26 Å². The fourth-order valence-electron chi connectivity index (χ4n) is 2.27. The number of hydrogen-bond donors (Lipinski definition) is 0. The fraction of sp³-hybridized carbons (Fsp3) is 0.235. The molecule has 1 aliphatic rings. The van der Waals surface area contributed by atoms with Gasteiger partial charge in [-0.15, -0.1) is 5.26 Å². The van der Waals surface area contributed by atoms with E-state index >= 15 is 0 Å². The highest BCUT2D eigenvalue weighted by Crippen LogP contribution is 2.26. The topological polar surface area (TPSA) is 33.0 Å². The van der Waals surface area contributed by atoms with Crippen LogP contribution in [0.2, 0.25) is 0 Å². The Hall–Kier alpha value is -2.27. The van der Waals surface area contributed by atoms with Gasteiger partial charge in [0.05, 0.1) is 0 Å². The molecule has 0 radical (unpaired) electrons. The van der Waals surface area contributed by atoms with Crippen LogP contribution in [-0.4, -0.2) is 0 Å². The number of hydrogen-bond acceptors (Lipinski definition) is 2. The van der Waals surface area contributed by atoms with Crippen molar-refractivity contribution in [1.82, 2.24) is 0 Å². The number of nitriles is 1. The number of allylic oxidation sites excluding steroid dienone is 6. The van der Waals surface area contributed by atoms with Crippen molar-refractivity contribution < 1.29 is 4.74 Å². The number of ether oxygens (including phenoxy) is 1. The Morgan fingerprint density at radius 3 is 2.84 bits per heavy atom. The van der Waals surface area contributed by atoms with Crippen LogP contribution >= 0.6 is 0 Å². The Morgan fingerprint density at radius 1 is 1.32 bits per heavy atom. The zero-order chi connectivity index (χ0) is 13.5. The zero-order valence-corrected chi connectivity index (χ0v) is 11.1. The number of rotatable bonds is 4. The minimum absolute atomic E-state index is 0.659. The second-order valence-corrected chi connectivity index (χ2v) is 4.45. The SMILES string of the molecule is CCC(Cc1ccccc1OC#N)=C1C=CC=CC1. The van der Waals surface area contributed by atoms with E-state index in [1.165, 1.54) is 11.1 Å². The molecule has 0 heterocycles. The van der Waals surface area contributed by atoms with Crippen LogP contribution in [0.25, 0.3) is 0 Å². The standard InChI is InChI=1S/C17H17NO/c1-2-14(15-8-4-3-5-9-15)12-16-10-6-7-11-17(16)19-13-18/h3-8,10-11H,2,9,12H2,1H3. The van der Waals surface area contributed by atoms with E-state index in [0.717, 1.165) is 24.8 Å². The molecule has 96 valence electrons. The maximum atomic E-state index is 8.68. The maximum absolute atomic E-state index is 8.68. The van der Waals surface area contributed by atoms with Crippen LogP contribution in [0.1, 0.15) is 25.3 Å². The van der Waals surface area contributed by atoms with Gasteiger partial charge >= 0.3 is 0 Å². The Kier molecular flexibility index (Phi) is 4.58. The Balaban J connectivity index is 2.26. The molecule has 0 unspecified atom stereocenters. The van der Waals surface area contributed by atoms with Gasteiger partial charge in [-0.05, 0) is 30.9 Å². The van der Waals surface area contributed by atoms with Gasteiger partial charge in [-0.3, -0.25) is 0 Å². The lowest BCUT2D eigenvalue weighted by molar-refractivity contribution is 0.501. The molecular formula is C17H17NO. The summed E-state index contributed by atoms with van der Waals surface area (Å²) in [5, 5.41) is 8.68. The van der Waals surface area contributed by atoms with Gasteiger partial charge in [-0.2, -0.15) is 0 Å². The van der Waals surface area contributed by atoms with E-state index in [9.17, 15) is 0 Å². The Bertz CT molecular complexity index is 573. The molecule has 0 saturated heterocycles. The van der Waals surface area contributed by atoms with Crippen molar-refractivity contribution in [3.63, 3.8) is 0 Å². The van der Waals surface area contributed by atoms with Crippen LogP contribution < -0.4 is 4.74 Å². The van der Waals surface area contributed by atoms with Crippen molar-refractivity contribution in [3.8, 4) is 12.0 Å². The van der Waals surface area contributed by atoms with Crippen LogP contribution in [0.5, 0.6) is 5.75 Å². The number of nitrogens with zero attached hydrogens (tertiary/aromatic N) is 1. The summed E-state index contributed by atoms with van der Waals surface area (Å²) in [6.45, 7) is 2.17. The summed E-state index contributed by atoms with van der Waals surface area (Å²) in [7, 11) is 0. The minimum Gasteiger partial charge on any atom is -0.388 e.